The van der Waals surface area contributed by atoms with E-state index in [9.17, 15) is 4.79 Å². The molecule has 0 bridgehead atoms. The van der Waals surface area contributed by atoms with Gasteiger partial charge < -0.3 is 9.32 Å². The third kappa shape index (κ3) is 3.82. The molecule has 2 aromatic heterocycles. The average molecular weight is 333 g/mol. The molecular weight excluding hydrogens is 310 g/mol. The van der Waals surface area contributed by atoms with Gasteiger partial charge in [0.05, 0.1) is 17.0 Å². The molecule has 124 valence electrons. The molecule has 0 atom stereocenters. The fourth-order valence-electron chi connectivity index (χ4n) is 2.62. The quantitative estimate of drug-likeness (QED) is 0.866. The number of aromatic nitrogens is 1. The highest BCUT2D eigenvalue weighted by Gasteiger charge is 2.24. The van der Waals surface area contributed by atoms with Gasteiger partial charge in [0.2, 0.25) is 0 Å². The highest BCUT2D eigenvalue weighted by Crippen LogP contribution is 2.26. The molecule has 1 aliphatic rings. The largest absolute Gasteiger partial charge is 0.459 e. The molecule has 0 spiro atoms. The molecule has 3 rings (SSSR count). The number of rotatable bonds is 3. The molecule has 0 aromatic carbocycles. The number of hydrogen-bond donors (Lipinski definition) is 0. The molecule has 0 N–H and O–H groups in total. The van der Waals surface area contributed by atoms with Gasteiger partial charge in [0.15, 0.2) is 5.76 Å². The van der Waals surface area contributed by atoms with E-state index in [0.29, 0.717) is 5.76 Å². The van der Waals surface area contributed by atoms with Crippen LogP contribution < -0.4 is 0 Å². The van der Waals surface area contributed by atoms with E-state index >= 15 is 0 Å². The Morgan fingerprint density at radius 2 is 2.04 bits per heavy atom. The summed E-state index contributed by atoms with van der Waals surface area (Å²) < 4.78 is 5.19. The van der Waals surface area contributed by atoms with Gasteiger partial charge in [0.25, 0.3) is 5.91 Å². The zero-order chi connectivity index (χ0) is 16.4. The Labute approximate surface area is 140 Å². The van der Waals surface area contributed by atoms with Crippen molar-refractivity contribution in [1.82, 2.24) is 14.8 Å². The first-order chi connectivity index (χ1) is 10.9. The van der Waals surface area contributed by atoms with E-state index in [2.05, 4.69) is 31.1 Å². The summed E-state index contributed by atoms with van der Waals surface area (Å²) in [4.78, 5) is 21.2. The third-order valence-corrected chi connectivity index (χ3v) is 5.29. The molecule has 3 heterocycles. The first kappa shape index (κ1) is 16.2. The van der Waals surface area contributed by atoms with Crippen molar-refractivity contribution in [3.05, 3.63) is 40.2 Å². The van der Waals surface area contributed by atoms with E-state index in [1.165, 1.54) is 5.01 Å². The van der Waals surface area contributed by atoms with E-state index < -0.39 is 0 Å². The fraction of sp³-hybridized carbons (Fsp3) is 0.529. The molecule has 0 saturated carbocycles. The van der Waals surface area contributed by atoms with Gasteiger partial charge in [-0.05, 0) is 12.1 Å². The summed E-state index contributed by atoms with van der Waals surface area (Å²) in [5, 5.41) is 3.33. The molecule has 1 saturated heterocycles. The number of hydrogen-bond acceptors (Lipinski definition) is 5. The monoisotopic (exact) mass is 333 g/mol. The van der Waals surface area contributed by atoms with Gasteiger partial charge in [-0.3, -0.25) is 9.69 Å². The van der Waals surface area contributed by atoms with Gasteiger partial charge in [-0.25, -0.2) is 4.98 Å². The Hall–Kier alpha value is -1.66. The molecular formula is C17H23N3O2S. The third-order valence-electron chi connectivity index (χ3n) is 3.97. The van der Waals surface area contributed by atoms with Crippen molar-refractivity contribution in [2.75, 3.05) is 26.2 Å². The van der Waals surface area contributed by atoms with Crippen LogP contribution in [-0.4, -0.2) is 46.9 Å². The predicted molar refractivity (Wildman–Crippen MR) is 90.7 cm³/mol. The number of carbonyl (C=O) groups is 1. The summed E-state index contributed by atoms with van der Waals surface area (Å²) in [6.07, 6.45) is 1.54. The minimum atomic E-state index is -0.0154. The van der Waals surface area contributed by atoms with Crippen LogP contribution in [0.4, 0.5) is 0 Å². The van der Waals surface area contributed by atoms with Crippen molar-refractivity contribution in [2.24, 2.45) is 0 Å². The summed E-state index contributed by atoms with van der Waals surface area (Å²) in [6, 6.07) is 3.47. The van der Waals surface area contributed by atoms with Gasteiger partial charge in [0, 0.05) is 43.5 Å². The number of carbonyl (C=O) groups excluding carboxylic acids is 1. The van der Waals surface area contributed by atoms with Crippen LogP contribution in [0.25, 0.3) is 0 Å². The lowest BCUT2D eigenvalue weighted by Crippen LogP contribution is -2.48. The number of amides is 1. The van der Waals surface area contributed by atoms with Crippen LogP contribution in [0.3, 0.4) is 0 Å². The zero-order valence-corrected chi connectivity index (χ0v) is 14.7. The van der Waals surface area contributed by atoms with Gasteiger partial charge in [-0.2, -0.15) is 0 Å². The van der Waals surface area contributed by atoms with E-state index in [-0.39, 0.29) is 11.3 Å². The van der Waals surface area contributed by atoms with Gasteiger partial charge in [-0.15, -0.1) is 11.3 Å². The van der Waals surface area contributed by atoms with Crippen LogP contribution in [0, 0.1) is 0 Å². The Balaban J connectivity index is 1.53. The fourth-order valence-corrected chi connectivity index (χ4v) is 3.52. The number of piperazine rings is 1. The number of furan rings is 1. The van der Waals surface area contributed by atoms with E-state index in [4.69, 9.17) is 9.40 Å². The van der Waals surface area contributed by atoms with Crippen LogP contribution in [0.2, 0.25) is 0 Å². The summed E-state index contributed by atoms with van der Waals surface area (Å²) in [5.41, 5.74) is 1.24. The number of nitrogens with zero attached hydrogens (tertiary/aromatic N) is 3. The Bertz CT molecular complexity index is 650. The first-order valence-corrected chi connectivity index (χ1v) is 8.81. The second-order valence-corrected chi connectivity index (χ2v) is 7.80. The summed E-state index contributed by atoms with van der Waals surface area (Å²) in [6.45, 7) is 10.6. The predicted octanol–water partition coefficient (Wildman–Crippen LogP) is 2.99. The lowest BCUT2D eigenvalue weighted by atomic mass is 9.98. The van der Waals surface area contributed by atoms with E-state index in [1.807, 2.05) is 4.90 Å². The highest BCUT2D eigenvalue weighted by molar-refractivity contribution is 7.09. The Morgan fingerprint density at radius 3 is 2.61 bits per heavy atom. The molecule has 0 unspecified atom stereocenters. The van der Waals surface area contributed by atoms with Crippen molar-refractivity contribution < 1.29 is 9.21 Å². The van der Waals surface area contributed by atoms with Crippen molar-refractivity contribution >= 4 is 17.2 Å². The molecule has 5 nitrogen and oxygen atoms in total. The lowest BCUT2D eigenvalue weighted by molar-refractivity contribution is 0.0596. The first-order valence-electron chi connectivity index (χ1n) is 7.93. The minimum absolute atomic E-state index is 0.0154. The van der Waals surface area contributed by atoms with Gasteiger partial charge in [-0.1, -0.05) is 20.8 Å². The maximum absolute atomic E-state index is 12.2. The number of thiazole rings is 1. The maximum atomic E-state index is 12.2. The van der Waals surface area contributed by atoms with Crippen molar-refractivity contribution in [3.63, 3.8) is 0 Å². The van der Waals surface area contributed by atoms with Gasteiger partial charge in [0.1, 0.15) is 0 Å². The molecule has 1 fully saturated rings. The van der Waals surface area contributed by atoms with Crippen LogP contribution in [0.15, 0.2) is 28.2 Å². The molecule has 1 aliphatic heterocycles. The smallest absolute Gasteiger partial charge is 0.289 e. The average Bonchev–Trinajstić information content (AvgIpc) is 3.18. The molecule has 0 aliphatic carbocycles. The van der Waals surface area contributed by atoms with Gasteiger partial charge >= 0.3 is 0 Å². The minimum Gasteiger partial charge on any atom is -0.459 e. The van der Waals surface area contributed by atoms with E-state index in [1.54, 1.807) is 29.7 Å². The highest BCUT2D eigenvalue weighted by atomic mass is 32.1. The molecule has 2 aromatic rings. The molecule has 23 heavy (non-hydrogen) atoms. The summed E-state index contributed by atoms with van der Waals surface area (Å²) in [5.74, 6) is 0.408. The topological polar surface area (TPSA) is 49.6 Å². The SMILES string of the molecule is CC(C)(C)c1nc(CN2CCN(C(=O)c3ccco3)CC2)cs1. The van der Waals surface area contributed by atoms with Crippen LogP contribution in [0.1, 0.15) is 42.0 Å². The molecule has 0 radical (unpaired) electrons. The molecule has 6 heteroatoms. The van der Waals surface area contributed by atoms with E-state index in [0.717, 1.165) is 38.4 Å². The Kier molecular flexibility index (Phi) is 4.55. The van der Waals surface area contributed by atoms with Crippen LogP contribution in [0.5, 0.6) is 0 Å². The second kappa shape index (κ2) is 6.45. The van der Waals surface area contributed by atoms with Crippen LogP contribution >= 0.6 is 11.3 Å². The second-order valence-electron chi connectivity index (χ2n) is 6.94. The Morgan fingerprint density at radius 1 is 1.30 bits per heavy atom. The van der Waals surface area contributed by atoms with Crippen LogP contribution in [-0.2, 0) is 12.0 Å². The summed E-state index contributed by atoms with van der Waals surface area (Å²) >= 11 is 1.73. The molecule has 1 amide bonds. The maximum Gasteiger partial charge on any atom is 0.289 e. The lowest BCUT2D eigenvalue weighted by Gasteiger charge is -2.33. The standard InChI is InChI=1S/C17H23N3O2S/c1-17(2,3)16-18-13(12-23-16)11-19-6-8-20(9-7-19)15(21)14-5-4-10-22-14/h4-5,10,12H,6-9,11H2,1-3H3. The summed E-state index contributed by atoms with van der Waals surface area (Å²) in [7, 11) is 0. The van der Waals surface area contributed by atoms with Crippen molar-refractivity contribution in [2.45, 2.75) is 32.7 Å². The van der Waals surface area contributed by atoms with Crippen molar-refractivity contribution in [3.8, 4) is 0 Å². The normalized spacial score (nSPS) is 16.7. The zero-order valence-electron chi connectivity index (χ0n) is 13.9. The van der Waals surface area contributed by atoms with Crippen molar-refractivity contribution in [1.29, 1.82) is 0 Å².